The van der Waals surface area contributed by atoms with Crippen LogP contribution in [0.25, 0.3) is 0 Å². The van der Waals surface area contributed by atoms with E-state index in [0.717, 1.165) is 23.2 Å². The molecule has 0 spiro atoms. The Kier molecular flexibility index (Phi) is 4.14. The molecule has 1 heterocycles. The van der Waals surface area contributed by atoms with E-state index in [2.05, 4.69) is 40.2 Å². The Morgan fingerprint density at radius 3 is 2.80 bits per heavy atom. The molecule has 5 heteroatoms. The number of hydrogen-bond donors (Lipinski definition) is 3. The van der Waals surface area contributed by atoms with Crippen molar-refractivity contribution < 1.29 is 9.59 Å². The molecule has 25 heavy (non-hydrogen) atoms. The Bertz CT molecular complexity index is 804. The third-order valence-electron chi connectivity index (χ3n) is 4.92. The van der Waals surface area contributed by atoms with Crippen LogP contribution in [-0.4, -0.2) is 18.5 Å². The minimum absolute atomic E-state index is 0.0234. The van der Waals surface area contributed by atoms with Crippen LogP contribution in [0.4, 0.5) is 10.5 Å². The predicted octanol–water partition coefficient (Wildman–Crippen LogP) is 2.78. The van der Waals surface area contributed by atoms with Gasteiger partial charge in [0.25, 0.3) is 0 Å². The molecule has 2 aliphatic rings. The summed E-state index contributed by atoms with van der Waals surface area (Å²) < 4.78 is 0. The molecule has 3 N–H and O–H groups in total. The van der Waals surface area contributed by atoms with Crippen molar-refractivity contribution in [1.29, 1.82) is 0 Å². The van der Waals surface area contributed by atoms with Gasteiger partial charge in [-0.3, -0.25) is 4.79 Å². The first-order valence-corrected chi connectivity index (χ1v) is 8.67. The lowest BCUT2D eigenvalue weighted by atomic mass is 10.1. The molecule has 1 aliphatic heterocycles. The Balaban J connectivity index is 1.22. The maximum Gasteiger partial charge on any atom is 0.315 e. The molecule has 4 rings (SSSR count). The van der Waals surface area contributed by atoms with Gasteiger partial charge in [-0.2, -0.15) is 0 Å². The maximum absolute atomic E-state index is 12.0. The fourth-order valence-electron chi connectivity index (χ4n) is 3.44. The summed E-state index contributed by atoms with van der Waals surface area (Å²) in [6.45, 7) is 1.16. The van der Waals surface area contributed by atoms with Gasteiger partial charge in [-0.05, 0) is 41.0 Å². The highest BCUT2D eigenvalue weighted by atomic mass is 16.2. The third-order valence-corrected chi connectivity index (χ3v) is 4.92. The smallest absolute Gasteiger partial charge is 0.315 e. The lowest BCUT2D eigenvalue weighted by molar-refractivity contribution is -0.115. The Morgan fingerprint density at radius 1 is 1.12 bits per heavy atom. The average molecular weight is 335 g/mol. The monoisotopic (exact) mass is 335 g/mol. The summed E-state index contributed by atoms with van der Waals surface area (Å²) in [5.41, 5.74) is 4.22. The van der Waals surface area contributed by atoms with Gasteiger partial charge in [-0.15, -0.1) is 0 Å². The van der Waals surface area contributed by atoms with Crippen LogP contribution in [0.5, 0.6) is 0 Å². The molecule has 0 unspecified atom stereocenters. The number of benzene rings is 2. The fourth-order valence-corrected chi connectivity index (χ4v) is 3.44. The molecule has 0 bridgehead atoms. The zero-order valence-electron chi connectivity index (χ0n) is 13.9. The van der Waals surface area contributed by atoms with Crippen molar-refractivity contribution in [3.8, 4) is 0 Å². The second-order valence-corrected chi connectivity index (χ2v) is 6.79. The summed E-state index contributed by atoms with van der Waals surface area (Å²) in [7, 11) is 0. The first-order chi connectivity index (χ1) is 12.2. The van der Waals surface area contributed by atoms with Gasteiger partial charge >= 0.3 is 6.03 Å². The molecule has 0 aromatic heterocycles. The molecule has 128 valence electrons. The van der Waals surface area contributed by atoms with Crippen LogP contribution in [0, 0.1) is 5.92 Å². The van der Waals surface area contributed by atoms with Crippen LogP contribution in [0.2, 0.25) is 0 Å². The maximum atomic E-state index is 12.0. The third kappa shape index (κ3) is 3.65. The standard InChI is InChI=1S/C20H21N3O2/c24-19-10-15-8-13(6-7-18(15)23-19)11-21-20(25)22-12-16-9-17(16)14-4-2-1-3-5-14/h1-8,16-17H,9-12H2,(H,23,24)(H2,21,22,25)/t16-,17+/m1/s1. The molecule has 3 amide bonds. The number of urea groups is 1. The van der Waals surface area contributed by atoms with Crippen molar-refractivity contribution in [3.63, 3.8) is 0 Å². The quantitative estimate of drug-likeness (QED) is 0.786. The number of hydrogen-bond acceptors (Lipinski definition) is 2. The van der Waals surface area contributed by atoms with Crippen molar-refractivity contribution in [2.24, 2.45) is 5.92 Å². The minimum Gasteiger partial charge on any atom is -0.338 e. The van der Waals surface area contributed by atoms with Gasteiger partial charge in [0.05, 0.1) is 6.42 Å². The zero-order chi connectivity index (χ0) is 17.2. The van der Waals surface area contributed by atoms with Gasteiger partial charge in [0, 0.05) is 18.8 Å². The average Bonchev–Trinajstić information content (AvgIpc) is 3.31. The highest BCUT2D eigenvalue weighted by Gasteiger charge is 2.37. The SMILES string of the molecule is O=C1Cc2cc(CNC(=O)NC[C@H]3C[C@H]3c3ccccc3)ccc2N1. The fraction of sp³-hybridized carbons (Fsp3) is 0.300. The lowest BCUT2D eigenvalue weighted by Gasteiger charge is -2.09. The summed E-state index contributed by atoms with van der Waals surface area (Å²) in [5.74, 6) is 1.13. The highest BCUT2D eigenvalue weighted by molar-refractivity contribution is 5.99. The molecule has 1 fully saturated rings. The number of carbonyl (C=O) groups is 2. The molecule has 0 saturated heterocycles. The number of fused-ring (bicyclic) bond motifs is 1. The topological polar surface area (TPSA) is 70.2 Å². The van der Waals surface area contributed by atoms with E-state index in [9.17, 15) is 9.59 Å². The van der Waals surface area contributed by atoms with Gasteiger partial charge in [-0.1, -0.05) is 42.5 Å². The predicted molar refractivity (Wildman–Crippen MR) is 96.3 cm³/mol. The Labute approximate surface area is 146 Å². The first kappa shape index (κ1) is 15.7. The molecular weight excluding hydrogens is 314 g/mol. The highest BCUT2D eigenvalue weighted by Crippen LogP contribution is 2.46. The summed E-state index contributed by atoms with van der Waals surface area (Å²) in [6.07, 6.45) is 1.55. The number of nitrogens with one attached hydrogen (secondary N) is 3. The van der Waals surface area contributed by atoms with Crippen molar-refractivity contribution in [2.45, 2.75) is 25.3 Å². The normalized spacial score (nSPS) is 20.6. The number of rotatable bonds is 5. The van der Waals surface area contributed by atoms with E-state index in [1.807, 2.05) is 24.3 Å². The summed E-state index contributed by atoms with van der Waals surface area (Å²) >= 11 is 0. The number of amides is 3. The van der Waals surface area contributed by atoms with E-state index in [0.29, 0.717) is 31.3 Å². The van der Waals surface area contributed by atoms with Crippen molar-refractivity contribution in [3.05, 3.63) is 65.2 Å². The van der Waals surface area contributed by atoms with Crippen LogP contribution in [0.15, 0.2) is 48.5 Å². The largest absolute Gasteiger partial charge is 0.338 e. The van der Waals surface area contributed by atoms with Gasteiger partial charge in [0.1, 0.15) is 0 Å². The number of carbonyl (C=O) groups excluding carboxylic acids is 2. The summed E-state index contributed by atoms with van der Waals surface area (Å²) in [4.78, 5) is 23.4. The first-order valence-electron chi connectivity index (χ1n) is 8.67. The van der Waals surface area contributed by atoms with E-state index in [-0.39, 0.29) is 11.9 Å². The molecule has 2 atom stereocenters. The van der Waals surface area contributed by atoms with E-state index < -0.39 is 0 Å². The van der Waals surface area contributed by atoms with Gasteiger partial charge in [0.15, 0.2) is 0 Å². The Hall–Kier alpha value is -2.82. The number of anilines is 1. The van der Waals surface area contributed by atoms with Crippen LogP contribution in [0.3, 0.4) is 0 Å². The van der Waals surface area contributed by atoms with E-state index in [1.165, 1.54) is 5.56 Å². The van der Waals surface area contributed by atoms with Gasteiger partial charge in [0.2, 0.25) is 5.91 Å². The van der Waals surface area contributed by atoms with Crippen LogP contribution < -0.4 is 16.0 Å². The van der Waals surface area contributed by atoms with Crippen molar-refractivity contribution >= 4 is 17.6 Å². The van der Waals surface area contributed by atoms with Gasteiger partial charge in [-0.25, -0.2) is 4.79 Å². The molecule has 1 aliphatic carbocycles. The summed E-state index contributed by atoms with van der Waals surface area (Å²) in [5, 5.41) is 8.65. The van der Waals surface area contributed by atoms with Gasteiger partial charge < -0.3 is 16.0 Å². The molecule has 2 aromatic rings. The lowest BCUT2D eigenvalue weighted by Crippen LogP contribution is -2.36. The van der Waals surface area contributed by atoms with Crippen LogP contribution in [-0.2, 0) is 17.8 Å². The summed E-state index contributed by atoms with van der Waals surface area (Å²) in [6, 6.07) is 16.1. The Morgan fingerprint density at radius 2 is 1.96 bits per heavy atom. The van der Waals surface area contributed by atoms with E-state index >= 15 is 0 Å². The molecule has 1 saturated carbocycles. The van der Waals surface area contributed by atoms with Crippen molar-refractivity contribution in [1.82, 2.24) is 10.6 Å². The minimum atomic E-state index is -0.145. The van der Waals surface area contributed by atoms with Crippen LogP contribution in [0.1, 0.15) is 29.0 Å². The van der Waals surface area contributed by atoms with E-state index in [4.69, 9.17) is 0 Å². The molecular formula is C20H21N3O2. The second-order valence-electron chi connectivity index (χ2n) is 6.79. The molecule has 2 aromatic carbocycles. The molecule has 0 radical (unpaired) electrons. The zero-order valence-corrected chi connectivity index (χ0v) is 13.9. The van der Waals surface area contributed by atoms with Crippen molar-refractivity contribution in [2.75, 3.05) is 11.9 Å². The van der Waals surface area contributed by atoms with Crippen LogP contribution >= 0.6 is 0 Å². The second kappa shape index (κ2) is 6.59. The van der Waals surface area contributed by atoms with E-state index in [1.54, 1.807) is 0 Å². The molecule has 5 nitrogen and oxygen atoms in total.